The van der Waals surface area contributed by atoms with E-state index in [-0.39, 0.29) is 5.69 Å². The van der Waals surface area contributed by atoms with Gasteiger partial charge >= 0.3 is 5.97 Å². The second kappa shape index (κ2) is 5.77. The molecule has 1 heterocycles. The maximum Gasteiger partial charge on any atom is 0.354 e. The quantitative estimate of drug-likeness (QED) is 0.769. The Bertz CT molecular complexity index is 388. The number of carboxylic acid groups (broad SMARTS) is 1. The molecule has 2 rings (SSSR count). The molecule has 0 unspecified atom stereocenters. The summed E-state index contributed by atoms with van der Waals surface area (Å²) >= 11 is 0. The lowest BCUT2D eigenvalue weighted by Gasteiger charge is -2.24. The van der Waals surface area contributed by atoms with E-state index in [0.29, 0.717) is 12.3 Å². The summed E-state index contributed by atoms with van der Waals surface area (Å²) < 4.78 is 5.51. The standard InChI is InChI=1S/C13H17NO3/c15-13(16)12-6-2-5-11(14-12)9-17-8-7-10-3-1-4-10/h2,5-6,10H,1,3-4,7-9H2,(H,15,16). The molecule has 0 aliphatic heterocycles. The zero-order valence-corrected chi connectivity index (χ0v) is 9.76. The van der Waals surface area contributed by atoms with E-state index < -0.39 is 5.97 Å². The molecule has 1 aromatic heterocycles. The molecule has 1 N–H and O–H groups in total. The van der Waals surface area contributed by atoms with Gasteiger partial charge in [0.2, 0.25) is 0 Å². The van der Waals surface area contributed by atoms with Crippen molar-refractivity contribution in [2.45, 2.75) is 32.3 Å². The summed E-state index contributed by atoms with van der Waals surface area (Å²) in [5.41, 5.74) is 0.753. The Kier molecular flexibility index (Phi) is 4.09. The lowest BCUT2D eigenvalue weighted by Crippen LogP contribution is -2.13. The van der Waals surface area contributed by atoms with Gasteiger partial charge in [-0.1, -0.05) is 25.3 Å². The van der Waals surface area contributed by atoms with Crippen LogP contribution in [-0.2, 0) is 11.3 Å². The van der Waals surface area contributed by atoms with Gasteiger partial charge in [0.05, 0.1) is 12.3 Å². The molecule has 1 saturated carbocycles. The van der Waals surface area contributed by atoms with Crippen molar-refractivity contribution >= 4 is 5.97 Å². The van der Waals surface area contributed by atoms with Crippen LogP contribution in [0.5, 0.6) is 0 Å². The van der Waals surface area contributed by atoms with Crippen molar-refractivity contribution in [1.29, 1.82) is 0 Å². The number of carbonyl (C=O) groups is 1. The van der Waals surface area contributed by atoms with E-state index in [9.17, 15) is 4.79 Å². The number of ether oxygens (including phenoxy) is 1. The van der Waals surface area contributed by atoms with E-state index in [1.165, 1.54) is 25.3 Å². The third-order valence-corrected chi connectivity index (χ3v) is 3.17. The van der Waals surface area contributed by atoms with Crippen LogP contribution >= 0.6 is 0 Å². The van der Waals surface area contributed by atoms with Crippen molar-refractivity contribution in [3.63, 3.8) is 0 Å². The van der Waals surface area contributed by atoms with Gasteiger partial charge in [0.25, 0.3) is 0 Å². The fourth-order valence-electron chi connectivity index (χ4n) is 1.89. The van der Waals surface area contributed by atoms with Crippen molar-refractivity contribution < 1.29 is 14.6 Å². The van der Waals surface area contributed by atoms with Gasteiger partial charge in [-0.2, -0.15) is 0 Å². The van der Waals surface area contributed by atoms with Gasteiger partial charge in [-0.3, -0.25) is 0 Å². The summed E-state index contributed by atoms with van der Waals surface area (Å²) in [6.07, 6.45) is 5.12. The highest BCUT2D eigenvalue weighted by Crippen LogP contribution is 2.29. The second-order valence-electron chi connectivity index (χ2n) is 4.46. The SMILES string of the molecule is O=C(O)c1cccc(COCCC2CCC2)n1. The van der Waals surface area contributed by atoms with Crippen LogP contribution < -0.4 is 0 Å². The highest BCUT2D eigenvalue weighted by atomic mass is 16.5. The number of pyridine rings is 1. The molecule has 4 heteroatoms. The Balaban J connectivity index is 1.73. The average molecular weight is 235 g/mol. The molecule has 0 atom stereocenters. The molecule has 0 amide bonds. The molecule has 4 nitrogen and oxygen atoms in total. The first-order valence-corrected chi connectivity index (χ1v) is 6.02. The van der Waals surface area contributed by atoms with Crippen LogP contribution in [0, 0.1) is 5.92 Å². The van der Waals surface area contributed by atoms with Crippen LogP contribution in [0.3, 0.4) is 0 Å². The van der Waals surface area contributed by atoms with E-state index in [1.807, 2.05) is 0 Å². The van der Waals surface area contributed by atoms with Crippen LogP contribution in [0.15, 0.2) is 18.2 Å². The van der Waals surface area contributed by atoms with Gasteiger partial charge in [0, 0.05) is 6.61 Å². The summed E-state index contributed by atoms with van der Waals surface area (Å²) in [6, 6.07) is 4.97. The van der Waals surface area contributed by atoms with Gasteiger partial charge in [-0.25, -0.2) is 9.78 Å². The summed E-state index contributed by atoms with van der Waals surface area (Å²) in [6.45, 7) is 1.14. The summed E-state index contributed by atoms with van der Waals surface area (Å²) in [4.78, 5) is 14.7. The molecular formula is C13H17NO3. The predicted octanol–water partition coefficient (Wildman–Crippen LogP) is 2.49. The normalized spacial score (nSPS) is 15.5. The number of nitrogens with zero attached hydrogens (tertiary/aromatic N) is 1. The minimum absolute atomic E-state index is 0.0742. The fourth-order valence-corrected chi connectivity index (χ4v) is 1.89. The van der Waals surface area contributed by atoms with Gasteiger partial charge in [0.1, 0.15) is 5.69 Å². The lowest BCUT2D eigenvalue weighted by molar-refractivity contribution is 0.0687. The highest BCUT2D eigenvalue weighted by molar-refractivity contribution is 5.85. The highest BCUT2D eigenvalue weighted by Gasteiger charge is 2.16. The molecule has 0 radical (unpaired) electrons. The topological polar surface area (TPSA) is 59.4 Å². The van der Waals surface area contributed by atoms with E-state index in [2.05, 4.69) is 4.98 Å². The molecule has 0 spiro atoms. The van der Waals surface area contributed by atoms with Crippen LogP contribution in [0.25, 0.3) is 0 Å². The van der Waals surface area contributed by atoms with E-state index in [0.717, 1.165) is 18.9 Å². The molecule has 0 aromatic carbocycles. The van der Waals surface area contributed by atoms with Crippen molar-refractivity contribution in [3.05, 3.63) is 29.6 Å². The van der Waals surface area contributed by atoms with Crippen LogP contribution in [0.4, 0.5) is 0 Å². The average Bonchev–Trinajstić information content (AvgIpc) is 2.27. The van der Waals surface area contributed by atoms with E-state index in [4.69, 9.17) is 9.84 Å². The predicted molar refractivity (Wildman–Crippen MR) is 62.8 cm³/mol. The molecule has 92 valence electrons. The first-order valence-electron chi connectivity index (χ1n) is 6.02. The molecular weight excluding hydrogens is 218 g/mol. The van der Waals surface area contributed by atoms with Crippen molar-refractivity contribution in [2.24, 2.45) is 5.92 Å². The Morgan fingerprint density at radius 1 is 1.47 bits per heavy atom. The Labute approximate surface area is 101 Å². The zero-order chi connectivity index (χ0) is 12.1. The van der Waals surface area contributed by atoms with Crippen LogP contribution in [0.2, 0.25) is 0 Å². The Hall–Kier alpha value is -1.42. The molecule has 0 saturated heterocycles. The maximum absolute atomic E-state index is 10.7. The third-order valence-electron chi connectivity index (χ3n) is 3.17. The zero-order valence-electron chi connectivity index (χ0n) is 9.76. The number of carboxylic acids is 1. The molecule has 1 aliphatic rings. The van der Waals surface area contributed by atoms with E-state index in [1.54, 1.807) is 12.1 Å². The van der Waals surface area contributed by atoms with Gasteiger partial charge in [-0.15, -0.1) is 0 Å². The number of hydrogen-bond acceptors (Lipinski definition) is 3. The second-order valence-corrected chi connectivity index (χ2v) is 4.46. The summed E-state index contributed by atoms with van der Waals surface area (Å²) in [5, 5.41) is 8.79. The monoisotopic (exact) mass is 235 g/mol. The van der Waals surface area contributed by atoms with E-state index >= 15 is 0 Å². The van der Waals surface area contributed by atoms with Crippen LogP contribution in [-0.4, -0.2) is 22.7 Å². The number of hydrogen-bond donors (Lipinski definition) is 1. The molecule has 1 aliphatic carbocycles. The fraction of sp³-hybridized carbons (Fsp3) is 0.538. The Morgan fingerprint density at radius 3 is 2.94 bits per heavy atom. The number of rotatable bonds is 6. The number of aromatic nitrogens is 1. The smallest absolute Gasteiger partial charge is 0.354 e. The molecule has 0 bridgehead atoms. The first kappa shape index (κ1) is 12.0. The first-order chi connectivity index (χ1) is 8.25. The van der Waals surface area contributed by atoms with Gasteiger partial charge < -0.3 is 9.84 Å². The summed E-state index contributed by atoms with van der Waals surface area (Å²) in [7, 11) is 0. The molecule has 17 heavy (non-hydrogen) atoms. The largest absolute Gasteiger partial charge is 0.477 e. The van der Waals surface area contributed by atoms with Crippen molar-refractivity contribution in [3.8, 4) is 0 Å². The van der Waals surface area contributed by atoms with Crippen molar-refractivity contribution in [1.82, 2.24) is 4.98 Å². The molecule has 1 fully saturated rings. The summed E-state index contributed by atoms with van der Waals surface area (Å²) in [5.74, 6) is -0.158. The van der Waals surface area contributed by atoms with Gasteiger partial charge in [0.15, 0.2) is 0 Å². The third kappa shape index (κ3) is 3.53. The van der Waals surface area contributed by atoms with Gasteiger partial charge in [-0.05, 0) is 24.5 Å². The minimum atomic E-state index is -0.999. The molecule has 1 aromatic rings. The maximum atomic E-state index is 10.7. The van der Waals surface area contributed by atoms with Crippen LogP contribution in [0.1, 0.15) is 41.9 Å². The lowest BCUT2D eigenvalue weighted by atomic mass is 9.83. The minimum Gasteiger partial charge on any atom is -0.477 e. The number of aromatic carboxylic acids is 1. The Morgan fingerprint density at radius 2 is 2.29 bits per heavy atom. The van der Waals surface area contributed by atoms with Crippen molar-refractivity contribution in [2.75, 3.05) is 6.61 Å².